The molecule has 0 bridgehead atoms. The molecule has 5 nitrogen and oxygen atoms in total. The van der Waals surface area contributed by atoms with E-state index in [2.05, 4.69) is 0 Å². The summed E-state index contributed by atoms with van der Waals surface area (Å²) in [6.07, 6.45) is 8.98. The van der Waals surface area contributed by atoms with E-state index in [4.69, 9.17) is 12.2 Å². The predicted octanol–water partition coefficient (Wildman–Crippen LogP) is 3.21. The average Bonchev–Trinajstić information content (AvgIpc) is 2.97. The van der Waals surface area contributed by atoms with Gasteiger partial charge in [-0.2, -0.15) is 0 Å². The number of thioether (sulfide) groups is 1. The van der Waals surface area contributed by atoms with E-state index in [0.29, 0.717) is 22.2 Å². The number of thiocarbonyl (C=S) groups is 1. The summed E-state index contributed by atoms with van der Waals surface area (Å²) in [7, 11) is 0. The van der Waals surface area contributed by atoms with Gasteiger partial charge < -0.3 is 10.0 Å². The number of carbonyl (C=O) groups excluding carboxylic acids is 2. The zero-order chi connectivity index (χ0) is 19.9. The Hall–Kier alpha value is -1.96. The van der Waals surface area contributed by atoms with Gasteiger partial charge in [0, 0.05) is 19.2 Å². The molecular formula is C21H24N2O3S2. The number of benzene rings is 1. The van der Waals surface area contributed by atoms with E-state index in [1.807, 2.05) is 42.5 Å². The van der Waals surface area contributed by atoms with E-state index in [9.17, 15) is 14.7 Å². The fourth-order valence-corrected chi connectivity index (χ4v) is 4.67. The zero-order valence-electron chi connectivity index (χ0n) is 15.6. The first-order valence-electron chi connectivity index (χ1n) is 9.47. The second-order valence-electron chi connectivity index (χ2n) is 6.81. The minimum absolute atomic E-state index is 0.0354. The summed E-state index contributed by atoms with van der Waals surface area (Å²) in [5.74, 6) is -0.327. The van der Waals surface area contributed by atoms with Crippen molar-refractivity contribution in [3.8, 4) is 0 Å². The van der Waals surface area contributed by atoms with Crippen molar-refractivity contribution in [1.29, 1.82) is 0 Å². The van der Waals surface area contributed by atoms with Gasteiger partial charge in [0.2, 0.25) is 5.91 Å². The summed E-state index contributed by atoms with van der Waals surface area (Å²) in [5.41, 5.74) is 1.05. The molecule has 2 aliphatic heterocycles. The summed E-state index contributed by atoms with van der Waals surface area (Å²) >= 11 is 6.55. The van der Waals surface area contributed by atoms with Crippen LogP contribution in [0.5, 0.6) is 0 Å². The molecule has 2 fully saturated rings. The molecule has 0 spiro atoms. The molecule has 0 aromatic heterocycles. The molecule has 2 saturated heterocycles. The molecule has 0 unspecified atom stereocenters. The van der Waals surface area contributed by atoms with Gasteiger partial charge in [-0.25, -0.2) is 0 Å². The van der Waals surface area contributed by atoms with Crippen molar-refractivity contribution in [2.45, 2.75) is 31.7 Å². The van der Waals surface area contributed by atoms with Crippen LogP contribution in [-0.2, 0) is 9.59 Å². The number of carbonyl (C=O) groups is 2. The molecule has 1 atom stereocenters. The molecule has 0 saturated carbocycles. The number of amides is 2. The fourth-order valence-electron chi connectivity index (χ4n) is 3.47. The smallest absolute Gasteiger partial charge is 0.266 e. The summed E-state index contributed by atoms with van der Waals surface area (Å²) in [6, 6.07) is 9.87. The van der Waals surface area contributed by atoms with Gasteiger partial charge in [-0.05, 0) is 37.3 Å². The second-order valence-corrected chi connectivity index (χ2v) is 8.48. The number of likely N-dealkylation sites (tertiary alicyclic amines) is 1. The molecule has 1 aromatic carbocycles. The van der Waals surface area contributed by atoms with Crippen molar-refractivity contribution in [2.24, 2.45) is 0 Å². The quantitative estimate of drug-likeness (QED) is 0.570. The van der Waals surface area contributed by atoms with Crippen molar-refractivity contribution >= 4 is 46.2 Å². The summed E-state index contributed by atoms with van der Waals surface area (Å²) in [4.78, 5) is 29.2. The van der Waals surface area contributed by atoms with E-state index in [1.54, 1.807) is 11.0 Å². The SMILES string of the molecule is O=C1/C(=C/C=C/c2ccccc2)SC(=S)N1CC(=O)N1CCCC[C@H]1CCO. The third-order valence-electron chi connectivity index (χ3n) is 4.91. The lowest BCUT2D eigenvalue weighted by Gasteiger charge is -2.36. The molecule has 1 N–H and O–H groups in total. The molecule has 148 valence electrons. The monoisotopic (exact) mass is 416 g/mol. The average molecular weight is 417 g/mol. The maximum atomic E-state index is 12.8. The van der Waals surface area contributed by atoms with Gasteiger partial charge in [0.05, 0.1) is 4.91 Å². The molecule has 7 heteroatoms. The molecule has 28 heavy (non-hydrogen) atoms. The first-order valence-corrected chi connectivity index (χ1v) is 10.7. The number of piperidine rings is 1. The largest absolute Gasteiger partial charge is 0.396 e. The number of rotatable bonds is 6. The maximum absolute atomic E-state index is 12.8. The van der Waals surface area contributed by atoms with Crippen LogP contribution in [0, 0.1) is 0 Å². The highest BCUT2D eigenvalue weighted by Crippen LogP contribution is 2.31. The molecule has 2 amide bonds. The molecule has 2 aliphatic rings. The molecule has 1 aromatic rings. The number of aliphatic hydroxyl groups excluding tert-OH is 1. The number of nitrogens with zero attached hydrogens (tertiary/aromatic N) is 2. The van der Waals surface area contributed by atoms with Crippen molar-refractivity contribution in [3.05, 3.63) is 53.0 Å². The first kappa shape index (κ1) is 20.8. The van der Waals surface area contributed by atoms with E-state index >= 15 is 0 Å². The number of hydrogen-bond acceptors (Lipinski definition) is 5. The highest BCUT2D eigenvalue weighted by Gasteiger charge is 2.35. The van der Waals surface area contributed by atoms with E-state index in [1.165, 1.54) is 16.7 Å². The van der Waals surface area contributed by atoms with Gasteiger partial charge in [-0.3, -0.25) is 14.5 Å². The van der Waals surface area contributed by atoms with Gasteiger partial charge in [-0.1, -0.05) is 66.5 Å². The summed E-state index contributed by atoms with van der Waals surface area (Å²) in [6.45, 7) is 0.701. The van der Waals surface area contributed by atoms with Crippen LogP contribution in [0.25, 0.3) is 6.08 Å². The van der Waals surface area contributed by atoms with Crippen LogP contribution in [0.15, 0.2) is 47.4 Å². The Balaban J connectivity index is 1.64. The van der Waals surface area contributed by atoms with Crippen LogP contribution >= 0.6 is 24.0 Å². The molecule has 2 heterocycles. The van der Waals surface area contributed by atoms with E-state index in [-0.39, 0.29) is 31.0 Å². The standard InChI is InChI=1S/C21H24N2O3S2/c24-14-12-17-10-4-5-13-22(17)19(25)15-23-20(26)18(28-21(23)27)11-6-9-16-7-2-1-3-8-16/h1-3,6-9,11,17,24H,4-5,10,12-15H2/b9-6+,18-11-/t17-/m0/s1. The number of aliphatic hydroxyl groups is 1. The maximum Gasteiger partial charge on any atom is 0.266 e. The van der Waals surface area contributed by atoms with Crippen LogP contribution in [-0.4, -0.2) is 56.8 Å². The van der Waals surface area contributed by atoms with Crippen molar-refractivity contribution < 1.29 is 14.7 Å². The van der Waals surface area contributed by atoms with Crippen LogP contribution in [0.4, 0.5) is 0 Å². The molecular weight excluding hydrogens is 392 g/mol. The fraction of sp³-hybridized carbons (Fsp3) is 0.381. The third-order valence-corrected chi connectivity index (χ3v) is 6.31. The Kier molecular flexibility index (Phi) is 7.42. The molecule has 0 radical (unpaired) electrons. The summed E-state index contributed by atoms with van der Waals surface area (Å²) < 4.78 is 0.411. The first-order chi connectivity index (χ1) is 13.6. The Morgan fingerprint density at radius 2 is 2.07 bits per heavy atom. The molecule has 0 aliphatic carbocycles. The van der Waals surface area contributed by atoms with Crippen molar-refractivity contribution in [3.63, 3.8) is 0 Å². The highest BCUT2D eigenvalue weighted by molar-refractivity contribution is 8.26. The second kappa shape index (κ2) is 10.0. The van der Waals surface area contributed by atoms with Crippen molar-refractivity contribution in [1.82, 2.24) is 9.80 Å². The Labute approximate surface area is 175 Å². The van der Waals surface area contributed by atoms with Gasteiger partial charge in [0.15, 0.2) is 0 Å². The lowest BCUT2D eigenvalue weighted by Crippen LogP contribution is -2.49. The van der Waals surface area contributed by atoms with E-state index < -0.39 is 0 Å². The zero-order valence-corrected chi connectivity index (χ0v) is 17.3. The van der Waals surface area contributed by atoms with Crippen LogP contribution < -0.4 is 0 Å². The van der Waals surface area contributed by atoms with Gasteiger partial charge in [-0.15, -0.1) is 0 Å². The highest BCUT2D eigenvalue weighted by atomic mass is 32.2. The Morgan fingerprint density at radius 1 is 1.29 bits per heavy atom. The van der Waals surface area contributed by atoms with Gasteiger partial charge >= 0.3 is 0 Å². The lowest BCUT2D eigenvalue weighted by molar-refractivity contribution is -0.138. The summed E-state index contributed by atoms with van der Waals surface area (Å²) in [5, 5.41) is 9.25. The number of allylic oxidation sites excluding steroid dienone is 2. The lowest BCUT2D eigenvalue weighted by atomic mass is 9.99. The number of hydrogen-bond donors (Lipinski definition) is 1. The molecule has 3 rings (SSSR count). The van der Waals surface area contributed by atoms with Gasteiger partial charge in [0.25, 0.3) is 5.91 Å². The van der Waals surface area contributed by atoms with E-state index in [0.717, 1.165) is 24.8 Å². The Morgan fingerprint density at radius 3 is 2.82 bits per heavy atom. The minimum atomic E-state index is -0.225. The predicted molar refractivity (Wildman–Crippen MR) is 117 cm³/mol. The van der Waals surface area contributed by atoms with Gasteiger partial charge in [0.1, 0.15) is 10.9 Å². The van der Waals surface area contributed by atoms with Crippen molar-refractivity contribution in [2.75, 3.05) is 19.7 Å². The topological polar surface area (TPSA) is 60.9 Å². The Bertz CT molecular complexity index is 790. The third kappa shape index (κ3) is 5.10. The van der Waals surface area contributed by atoms with Crippen LogP contribution in [0.3, 0.4) is 0 Å². The van der Waals surface area contributed by atoms with Crippen LogP contribution in [0.1, 0.15) is 31.2 Å². The van der Waals surface area contributed by atoms with Crippen LogP contribution in [0.2, 0.25) is 0 Å². The normalized spacial score (nSPS) is 21.9. The minimum Gasteiger partial charge on any atom is -0.396 e.